The molecule has 0 radical (unpaired) electrons. The minimum atomic E-state index is -1.28. The number of rotatable bonds is 5. The summed E-state index contributed by atoms with van der Waals surface area (Å²) in [6.45, 7) is 1.03. The van der Waals surface area contributed by atoms with Crippen molar-refractivity contribution in [2.45, 2.75) is 18.3 Å². The number of β-lactam (4-membered cyclic amide) rings is 1. The number of thioether (sulfide) groups is 1. The number of esters is 1. The number of carbonyl (C=O) groups is 4. The van der Waals surface area contributed by atoms with Gasteiger partial charge in [-0.2, -0.15) is 0 Å². The molecule has 2 atom stereocenters. The lowest BCUT2D eigenvalue weighted by Crippen LogP contribution is -2.70. The minimum absolute atomic E-state index is 0.187. The maximum absolute atomic E-state index is 12.4. The Morgan fingerprint density at radius 3 is 2.85 bits per heavy atom. The Hall–Kier alpha value is -2.88. The lowest BCUT2D eigenvalue weighted by Gasteiger charge is -2.49. The first kappa shape index (κ1) is 17.9. The molecule has 2 N–H and O–H groups in total. The summed E-state index contributed by atoms with van der Waals surface area (Å²) in [5, 5.41) is 11.6. The Bertz CT molecular complexity index is 809. The number of carboxylic acids is 1. The Kier molecular flexibility index (Phi) is 4.94. The third kappa shape index (κ3) is 3.27. The number of hydrogen-bond acceptors (Lipinski definition) is 7. The molecular formula is C16H15N3O6S. The zero-order valence-corrected chi connectivity index (χ0v) is 14.5. The van der Waals surface area contributed by atoms with Gasteiger partial charge in [-0.3, -0.25) is 24.3 Å². The minimum Gasteiger partial charge on any atom is -0.477 e. The summed E-state index contributed by atoms with van der Waals surface area (Å²) in [6, 6.07) is 2.35. The summed E-state index contributed by atoms with van der Waals surface area (Å²) >= 11 is 1.31. The predicted molar refractivity (Wildman–Crippen MR) is 89.9 cm³/mol. The molecule has 136 valence electrons. The fourth-order valence-electron chi connectivity index (χ4n) is 2.70. The van der Waals surface area contributed by atoms with Gasteiger partial charge in [-0.05, 0) is 12.1 Å². The third-order valence-electron chi connectivity index (χ3n) is 3.91. The zero-order chi connectivity index (χ0) is 18.8. The second kappa shape index (κ2) is 7.16. The number of aliphatic carboxylic acids is 1. The molecule has 0 saturated carbocycles. The van der Waals surface area contributed by atoms with E-state index in [0.29, 0.717) is 11.1 Å². The number of nitrogens with one attached hydrogen (secondary N) is 1. The van der Waals surface area contributed by atoms with E-state index in [2.05, 4.69) is 10.3 Å². The molecule has 10 heteroatoms. The summed E-state index contributed by atoms with van der Waals surface area (Å²) in [6.07, 6.45) is 2.91. The van der Waals surface area contributed by atoms with Crippen LogP contribution < -0.4 is 5.32 Å². The number of fused-ring (bicyclic) bond motifs is 1. The van der Waals surface area contributed by atoms with E-state index in [1.54, 1.807) is 12.1 Å². The Morgan fingerprint density at radius 2 is 2.23 bits per heavy atom. The number of hydrogen-bond donors (Lipinski definition) is 2. The first-order valence-electron chi connectivity index (χ1n) is 7.64. The van der Waals surface area contributed by atoms with E-state index >= 15 is 0 Å². The van der Waals surface area contributed by atoms with E-state index in [4.69, 9.17) is 4.74 Å². The fraction of sp³-hybridized carbons (Fsp3) is 0.312. The van der Waals surface area contributed by atoms with Crippen LogP contribution >= 0.6 is 11.8 Å². The smallest absolute Gasteiger partial charge is 0.352 e. The Labute approximate surface area is 152 Å². The summed E-state index contributed by atoms with van der Waals surface area (Å²) < 4.78 is 4.87. The van der Waals surface area contributed by atoms with Gasteiger partial charge in [0.25, 0.3) is 11.8 Å². The van der Waals surface area contributed by atoms with Gasteiger partial charge in [-0.1, -0.05) is 0 Å². The predicted octanol–water partition coefficient (Wildman–Crippen LogP) is -0.00310. The molecule has 9 nitrogen and oxygen atoms in total. The van der Waals surface area contributed by atoms with Gasteiger partial charge in [0.05, 0.1) is 5.56 Å². The molecule has 0 aliphatic carbocycles. The number of ether oxygens (including phenoxy) is 1. The van der Waals surface area contributed by atoms with Crippen molar-refractivity contribution in [3.63, 3.8) is 0 Å². The summed E-state index contributed by atoms with van der Waals surface area (Å²) in [7, 11) is 0. The van der Waals surface area contributed by atoms with E-state index in [0.717, 1.165) is 4.90 Å². The monoisotopic (exact) mass is 377 g/mol. The standard InChI is InChI=1S/C16H15N3O6S/c1-8(20)25-6-10-7-26-15-11(14(22)19(15)12(10)16(23)24)18-13(21)9-3-2-4-17-5-9/h2-5,11,15H,6-7H2,1H3,(H,18,21)(H,23,24)/t11-,15-/m1/s1. The molecule has 1 saturated heterocycles. The molecule has 0 unspecified atom stereocenters. The van der Waals surface area contributed by atoms with Crippen molar-refractivity contribution in [3.05, 3.63) is 41.4 Å². The molecule has 3 heterocycles. The molecule has 0 bridgehead atoms. The number of pyridine rings is 1. The van der Waals surface area contributed by atoms with Crippen molar-refractivity contribution < 1.29 is 29.0 Å². The SMILES string of the molecule is CC(=O)OCC1=C(C(=O)O)N2C(=O)[C@@H](NC(=O)c3cccnc3)[C@H]2SC1. The number of carbonyl (C=O) groups excluding carboxylic acids is 3. The Balaban J connectivity index is 1.76. The van der Waals surface area contributed by atoms with Crippen LogP contribution in [-0.2, 0) is 19.1 Å². The van der Waals surface area contributed by atoms with Gasteiger partial charge in [-0.15, -0.1) is 11.8 Å². The second-order valence-electron chi connectivity index (χ2n) is 5.64. The molecule has 26 heavy (non-hydrogen) atoms. The average Bonchev–Trinajstić information content (AvgIpc) is 2.63. The van der Waals surface area contributed by atoms with E-state index in [1.807, 2.05) is 0 Å². The lowest BCUT2D eigenvalue weighted by molar-refractivity contribution is -0.149. The maximum atomic E-state index is 12.4. The van der Waals surface area contributed by atoms with Crippen LogP contribution in [0.4, 0.5) is 0 Å². The zero-order valence-electron chi connectivity index (χ0n) is 13.7. The van der Waals surface area contributed by atoms with E-state index in [1.165, 1.54) is 31.1 Å². The number of amides is 2. The largest absolute Gasteiger partial charge is 0.477 e. The van der Waals surface area contributed by atoms with Crippen molar-refractivity contribution >= 4 is 35.5 Å². The molecule has 2 aliphatic rings. The van der Waals surface area contributed by atoms with Gasteiger partial charge >= 0.3 is 11.9 Å². The lowest BCUT2D eigenvalue weighted by atomic mass is 10.0. The second-order valence-corrected chi connectivity index (χ2v) is 6.75. The first-order valence-corrected chi connectivity index (χ1v) is 8.69. The van der Waals surface area contributed by atoms with Crippen LogP contribution in [0.2, 0.25) is 0 Å². The number of nitrogens with zero attached hydrogens (tertiary/aromatic N) is 2. The topological polar surface area (TPSA) is 126 Å². The highest BCUT2D eigenvalue weighted by atomic mass is 32.2. The quantitative estimate of drug-likeness (QED) is 0.542. The van der Waals surface area contributed by atoms with Crippen molar-refractivity contribution in [2.24, 2.45) is 0 Å². The van der Waals surface area contributed by atoms with E-state index in [-0.39, 0.29) is 18.1 Å². The van der Waals surface area contributed by atoms with E-state index < -0.39 is 35.2 Å². The molecule has 0 spiro atoms. The molecule has 1 aromatic heterocycles. The molecule has 0 aromatic carbocycles. The summed E-state index contributed by atoms with van der Waals surface area (Å²) in [5.74, 6) is -2.50. The van der Waals surface area contributed by atoms with Crippen LogP contribution in [0.1, 0.15) is 17.3 Å². The number of carboxylic acid groups (broad SMARTS) is 1. The molecular weight excluding hydrogens is 362 g/mol. The number of aromatic nitrogens is 1. The summed E-state index contributed by atoms with van der Waals surface area (Å²) in [5.41, 5.74) is 0.468. The van der Waals surface area contributed by atoms with Gasteiger partial charge in [0.1, 0.15) is 23.7 Å². The highest BCUT2D eigenvalue weighted by Gasteiger charge is 2.54. The molecule has 3 rings (SSSR count). The van der Waals surface area contributed by atoms with Gasteiger partial charge in [-0.25, -0.2) is 4.79 Å². The van der Waals surface area contributed by atoms with Crippen LogP contribution in [0.3, 0.4) is 0 Å². The molecule has 2 amide bonds. The molecule has 2 aliphatic heterocycles. The van der Waals surface area contributed by atoms with Crippen LogP contribution in [0, 0.1) is 0 Å². The van der Waals surface area contributed by atoms with E-state index in [9.17, 15) is 24.3 Å². The van der Waals surface area contributed by atoms with Crippen molar-refractivity contribution in [2.75, 3.05) is 12.4 Å². The van der Waals surface area contributed by atoms with Crippen LogP contribution in [0.15, 0.2) is 35.8 Å². The summed E-state index contributed by atoms with van der Waals surface area (Å²) in [4.78, 5) is 52.2. The highest BCUT2D eigenvalue weighted by Crippen LogP contribution is 2.40. The van der Waals surface area contributed by atoms with Crippen molar-refractivity contribution in [1.82, 2.24) is 15.2 Å². The van der Waals surface area contributed by atoms with Gasteiger partial charge in [0, 0.05) is 30.6 Å². The molecule has 1 fully saturated rings. The average molecular weight is 377 g/mol. The van der Waals surface area contributed by atoms with Crippen LogP contribution in [-0.4, -0.2) is 62.5 Å². The van der Waals surface area contributed by atoms with Crippen LogP contribution in [0.5, 0.6) is 0 Å². The normalized spacial score (nSPS) is 21.6. The first-order chi connectivity index (χ1) is 12.4. The maximum Gasteiger partial charge on any atom is 0.352 e. The third-order valence-corrected chi connectivity index (χ3v) is 5.25. The van der Waals surface area contributed by atoms with Gasteiger partial charge in [0.2, 0.25) is 0 Å². The van der Waals surface area contributed by atoms with Gasteiger partial charge < -0.3 is 15.2 Å². The fourth-order valence-corrected chi connectivity index (χ4v) is 4.03. The van der Waals surface area contributed by atoms with Crippen molar-refractivity contribution in [3.8, 4) is 0 Å². The van der Waals surface area contributed by atoms with Crippen LogP contribution in [0.25, 0.3) is 0 Å². The van der Waals surface area contributed by atoms with Gasteiger partial charge in [0.15, 0.2) is 0 Å². The highest BCUT2D eigenvalue weighted by molar-refractivity contribution is 8.00. The molecule has 1 aromatic rings. The Morgan fingerprint density at radius 1 is 1.46 bits per heavy atom. The van der Waals surface area contributed by atoms with Crippen molar-refractivity contribution in [1.29, 1.82) is 0 Å².